The van der Waals surface area contributed by atoms with Gasteiger partial charge in [-0.3, -0.25) is 0 Å². The van der Waals surface area contributed by atoms with Crippen molar-refractivity contribution >= 4 is 23.2 Å². The molecule has 106 valence electrons. The molecule has 0 aromatic heterocycles. The van der Waals surface area contributed by atoms with E-state index in [2.05, 4.69) is 4.74 Å². The van der Waals surface area contributed by atoms with Crippen molar-refractivity contribution in [3.8, 4) is 5.75 Å². The molecule has 1 N–H and O–H groups in total. The average Bonchev–Trinajstić information content (AvgIpc) is 2.41. The Labute approximate surface area is 124 Å². The second-order valence-corrected chi connectivity index (χ2v) is 4.78. The fraction of sp³-hybridized carbons (Fsp3) is 0.143. The summed E-state index contributed by atoms with van der Waals surface area (Å²) in [7, 11) is 0. The molecule has 0 fully saturated rings. The Kier molecular flexibility index (Phi) is 4.81. The standard InChI is InChI=1S/C14H10Cl2F2O2/c15-11-3-1-2-10(12(11)16)13(19)8-4-6-9(7-5-8)20-14(17)18/h1-7,13-14,19H. The van der Waals surface area contributed by atoms with Crippen molar-refractivity contribution in [1.82, 2.24) is 0 Å². The van der Waals surface area contributed by atoms with Crippen molar-refractivity contribution in [2.75, 3.05) is 0 Å². The van der Waals surface area contributed by atoms with Gasteiger partial charge in [0.25, 0.3) is 0 Å². The Bertz CT molecular complexity index is 588. The monoisotopic (exact) mass is 318 g/mol. The minimum absolute atomic E-state index is 0.0214. The van der Waals surface area contributed by atoms with Crippen molar-refractivity contribution in [1.29, 1.82) is 0 Å². The number of halogens is 4. The first-order valence-corrected chi connectivity index (χ1v) is 6.41. The highest BCUT2D eigenvalue weighted by Gasteiger charge is 2.16. The topological polar surface area (TPSA) is 29.5 Å². The van der Waals surface area contributed by atoms with Crippen LogP contribution in [0.25, 0.3) is 0 Å². The summed E-state index contributed by atoms with van der Waals surface area (Å²) in [6.07, 6.45) is -0.998. The van der Waals surface area contributed by atoms with Crippen LogP contribution < -0.4 is 4.74 Å². The summed E-state index contributed by atoms with van der Waals surface area (Å²) in [6.45, 7) is -2.88. The van der Waals surface area contributed by atoms with Gasteiger partial charge in [-0.25, -0.2) is 0 Å². The zero-order valence-electron chi connectivity index (χ0n) is 10.1. The first-order valence-electron chi connectivity index (χ1n) is 5.66. The van der Waals surface area contributed by atoms with Gasteiger partial charge >= 0.3 is 6.61 Å². The van der Waals surface area contributed by atoms with Crippen LogP contribution in [0.1, 0.15) is 17.2 Å². The van der Waals surface area contributed by atoms with E-state index in [1.807, 2.05) is 0 Å². The van der Waals surface area contributed by atoms with E-state index in [1.165, 1.54) is 24.3 Å². The lowest BCUT2D eigenvalue weighted by molar-refractivity contribution is -0.0498. The smallest absolute Gasteiger partial charge is 0.387 e. The quantitative estimate of drug-likeness (QED) is 0.887. The van der Waals surface area contributed by atoms with E-state index >= 15 is 0 Å². The van der Waals surface area contributed by atoms with E-state index in [9.17, 15) is 13.9 Å². The molecule has 0 heterocycles. The Hall–Kier alpha value is -1.36. The number of alkyl halides is 2. The summed E-state index contributed by atoms with van der Waals surface area (Å²) in [5.41, 5.74) is 0.942. The van der Waals surface area contributed by atoms with Crippen LogP contribution in [-0.2, 0) is 0 Å². The largest absolute Gasteiger partial charge is 0.435 e. The molecule has 0 spiro atoms. The lowest BCUT2D eigenvalue weighted by Crippen LogP contribution is -2.03. The molecule has 0 aliphatic rings. The third-order valence-electron chi connectivity index (χ3n) is 2.70. The molecule has 2 nitrogen and oxygen atoms in total. The molecule has 6 heteroatoms. The molecule has 1 atom stereocenters. The lowest BCUT2D eigenvalue weighted by Gasteiger charge is -2.14. The van der Waals surface area contributed by atoms with Gasteiger partial charge in [-0.2, -0.15) is 8.78 Å². The van der Waals surface area contributed by atoms with Gasteiger partial charge in [0.15, 0.2) is 0 Å². The Balaban J connectivity index is 2.25. The molecule has 0 aliphatic heterocycles. The maximum absolute atomic E-state index is 12.0. The summed E-state index contributed by atoms with van der Waals surface area (Å²) in [4.78, 5) is 0. The van der Waals surface area contributed by atoms with Gasteiger partial charge < -0.3 is 9.84 Å². The third-order valence-corrected chi connectivity index (χ3v) is 3.53. The highest BCUT2D eigenvalue weighted by Crippen LogP contribution is 2.33. The average molecular weight is 319 g/mol. The van der Waals surface area contributed by atoms with E-state index in [0.717, 1.165) is 0 Å². The molecule has 1 unspecified atom stereocenters. The second-order valence-electron chi connectivity index (χ2n) is 3.99. The minimum atomic E-state index is -2.88. The summed E-state index contributed by atoms with van der Waals surface area (Å²) >= 11 is 11.9. The van der Waals surface area contributed by atoms with Crippen LogP contribution in [0.4, 0.5) is 8.78 Å². The van der Waals surface area contributed by atoms with Crippen LogP contribution in [0.5, 0.6) is 5.75 Å². The number of hydrogen-bond donors (Lipinski definition) is 1. The van der Waals surface area contributed by atoms with Gasteiger partial charge in [-0.05, 0) is 23.8 Å². The molecule has 0 saturated carbocycles. The minimum Gasteiger partial charge on any atom is -0.435 e. The number of hydrogen-bond acceptors (Lipinski definition) is 2. The number of aliphatic hydroxyl groups excluding tert-OH is 1. The summed E-state index contributed by atoms with van der Waals surface area (Å²) in [5, 5.41) is 10.8. The normalized spacial score (nSPS) is 12.5. The van der Waals surface area contributed by atoms with Gasteiger partial charge in [0.1, 0.15) is 11.9 Å². The predicted molar refractivity (Wildman–Crippen MR) is 73.6 cm³/mol. The third kappa shape index (κ3) is 3.39. The van der Waals surface area contributed by atoms with E-state index in [-0.39, 0.29) is 10.8 Å². The van der Waals surface area contributed by atoms with Crippen molar-refractivity contribution in [2.24, 2.45) is 0 Å². The summed E-state index contributed by atoms with van der Waals surface area (Å²) in [6, 6.07) is 10.6. The fourth-order valence-corrected chi connectivity index (χ4v) is 2.15. The Morgan fingerprint density at radius 1 is 1.00 bits per heavy atom. The van der Waals surface area contributed by atoms with Crippen molar-refractivity contribution in [3.05, 3.63) is 63.6 Å². The molecule has 0 aliphatic carbocycles. The van der Waals surface area contributed by atoms with E-state index in [4.69, 9.17) is 23.2 Å². The summed E-state index contributed by atoms with van der Waals surface area (Å²) in [5.74, 6) is 0.0214. The molecule has 0 saturated heterocycles. The molecule has 2 aromatic carbocycles. The van der Waals surface area contributed by atoms with Gasteiger partial charge in [0.2, 0.25) is 0 Å². The second kappa shape index (κ2) is 6.39. The summed E-state index contributed by atoms with van der Waals surface area (Å²) < 4.78 is 28.3. The first-order chi connectivity index (χ1) is 9.49. The number of ether oxygens (including phenoxy) is 1. The molecule has 2 aromatic rings. The van der Waals surface area contributed by atoms with E-state index < -0.39 is 12.7 Å². The fourth-order valence-electron chi connectivity index (χ4n) is 1.74. The molecule has 0 bridgehead atoms. The SMILES string of the molecule is OC(c1ccc(OC(F)F)cc1)c1cccc(Cl)c1Cl. The number of benzene rings is 2. The molecule has 20 heavy (non-hydrogen) atoms. The van der Waals surface area contributed by atoms with Crippen molar-refractivity contribution in [2.45, 2.75) is 12.7 Å². The Morgan fingerprint density at radius 3 is 2.25 bits per heavy atom. The van der Waals surface area contributed by atoms with E-state index in [1.54, 1.807) is 18.2 Å². The molecule has 2 rings (SSSR count). The van der Waals surface area contributed by atoms with Crippen LogP contribution in [0.15, 0.2) is 42.5 Å². The van der Waals surface area contributed by atoms with Crippen LogP contribution in [0, 0.1) is 0 Å². The van der Waals surface area contributed by atoms with E-state index in [0.29, 0.717) is 16.1 Å². The molecule has 0 radical (unpaired) electrons. The predicted octanol–water partition coefficient (Wildman–Crippen LogP) is 4.68. The van der Waals surface area contributed by atoms with Crippen molar-refractivity contribution < 1.29 is 18.6 Å². The van der Waals surface area contributed by atoms with Gasteiger partial charge in [0.05, 0.1) is 10.0 Å². The lowest BCUT2D eigenvalue weighted by atomic mass is 10.0. The van der Waals surface area contributed by atoms with Crippen molar-refractivity contribution in [3.63, 3.8) is 0 Å². The zero-order chi connectivity index (χ0) is 14.7. The van der Waals surface area contributed by atoms with Crippen LogP contribution >= 0.6 is 23.2 Å². The maximum Gasteiger partial charge on any atom is 0.387 e. The van der Waals surface area contributed by atoms with Gasteiger partial charge in [-0.1, -0.05) is 47.5 Å². The van der Waals surface area contributed by atoms with Crippen LogP contribution in [0.2, 0.25) is 10.0 Å². The number of aliphatic hydroxyl groups is 1. The highest BCUT2D eigenvalue weighted by molar-refractivity contribution is 6.42. The molecular weight excluding hydrogens is 309 g/mol. The van der Waals surface area contributed by atoms with Gasteiger partial charge in [-0.15, -0.1) is 0 Å². The highest BCUT2D eigenvalue weighted by atomic mass is 35.5. The zero-order valence-corrected chi connectivity index (χ0v) is 11.6. The number of rotatable bonds is 4. The molecule has 0 amide bonds. The van der Waals surface area contributed by atoms with Gasteiger partial charge in [0, 0.05) is 5.56 Å². The van der Waals surface area contributed by atoms with Crippen LogP contribution in [-0.4, -0.2) is 11.7 Å². The van der Waals surface area contributed by atoms with Crippen LogP contribution in [0.3, 0.4) is 0 Å². The molecular formula is C14H10Cl2F2O2. The maximum atomic E-state index is 12.0. The first kappa shape index (κ1) is 15.0. The Morgan fingerprint density at radius 2 is 1.65 bits per heavy atom.